The molecule has 0 aromatic rings. The maximum Gasteiger partial charge on any atom is 0.0249 e. The van der Waals surface area contributed by atoms with Crippen molar-refractivity contribution in [2.75, 3.05) is 11.5 Å². The fourth-order valence-corrected chi connectivity index (χ4v) is 6.06. The van der Waals surface area contributed by atoms with E-state index < -0.39 is 10.8 Å². The van der Waals surface area contributed by atoms with Crippen LogP contribution in [-0.2, 0) is 10.8 Å². The standard InChI is InChI=1S/C17H31NOS/c19-20-12-10-15(11-13-20)18-17-9-5-4-8-16(17)14-6-2-1-3-7-14/h14-18H,1-13H2. The first-order valence-corrected chi connectivity index (χ1v) is 10.4. The van der Waals surface area contributed by atoms with Gasteiger partial charge in [0.25, 0.3) is 0 Å². The number of hydrogen-bond donors (Lipinski definition) is 1. The van der Waals surface area contributed by atoms with Crippen molar-refractivity contribution in [3.8, 4) is 0 Å². The Morgan fingerprint density at radius 3 is 2.15 bits per heavy atom. The zero-order chi connectivity index (χ0) is 13.8. The van der Waals surface area contributed by atoms with Gasteiger partial charge in [0.1, 0.15) is 0 Å². The molecule has 2 unspecified atom stereocenters. The Balaban J connectivity index is 1.55. The van der Waals surface area contributed by atoms with Gasteiger partial charge >= 0.3 is 0 Å². The zero-order valence-electron chi connectivity index (χ0n) is 12.8. The van der Waals surface area contributed by atoms with Crippen LogP contribution in [0.5, 0.6) is 0 Å². The summed E-state index contributed by atoms with van der Waals surface area (Å²) >= 11 is 0. The van der Waals surface area contributed by atoms with Gasteiger partial charge in [-0.15, -0.1) is 0 Å². The molecule has 20 heavy (non-hydrogen) atoms. The average molecular weight is 298 g/mol. The first kappa shape index (κ1) is 15.0. The molecule has 1 N–H and O–H groups in total. The lowest BCUT2D eigenvalue weighted by Gasteiger charge is -2.41. The van der Waals surface area contributed by atoms with Crippen LogP contribution in [0.4, 0.5) is 0 Å². The van der Waals surface area contributed by atoms with Crippen LogP contribution in [0, 0.1) is 11.8 Å². The highest BCUT2D eigenvalue weighted by Gasteiger charge is 2.33. The highest BCUT2D eigenvalue weighted by atomic mass is 32.2. The molecule has 0 amide bonds. The lowest BCUT2D eigenvalue weighted by atomic mass is 9.70. The summed E-state index contributed by atoms with van der Waals surface area (Å²) in [6, 6.07) is 1.42. The van der Waals surface area contributed by atoms with Gasteiger partial charge in [-0.05, 0) is 37.5 Å². The predicted octanol–water partition coefficient (Wildman–Crippen LogP) is 3.63. The molecule has 3 rings (SSSR count). The van der Waals surface area contributed by atoms with Crippen molar-refractivity contribution < 1.29 is 4.21 Å². The van der Waals surface area contributed by atoms with E-state index >= 15 is 0 Å². The summed E-state index contributed by atoms with van der Waals surface area (Å²) in [6.45, 7) is 0. The van der Waals surface area contributed by atoms with Crippen LogP contribution in [-0.4, -0.2) is 27.8 Å². The quantitative estimate of drug-likeness (QED) is 0.862. The van der Waals surface area contributed by atoms with E-state index in [-0.39, 0.29) is 0 Å². The average Bonchev–Trinajstić information content (AvgIpc) is 2.51. The molecule has 3 fully saturated rings. The second-order valence-electron chi connectivity index (χ2n) is 7.24. The Bertz CT molecular complexity index is 317. The smallest absolute Gasteiger partial charge is 0.0249 e. The van der Waals surface area contributed by atoms with E-state index in [4.69, 9.17) is 0 Å². The van der Waals surface area contributed by atoms with Gasteiger partial charge in [-0.25, -0.2) is 0 Å². The van der Waals surface area contributed by atoms with E-state index in [0.717, 1.165) is 42.2 Å². The van der Waals surface area contributed by atoms with Crippen molar-refractivity contribution in [2.24, 2.45) is 11.8 Å². The fourth-order valence-electron chi connectivity index (χ4n) is 4.76. The Labute approximate surface area is 126 Å². The third-order valence-corrected chi connectivity index (χ3v) is 7.29. The molecule has 116 valence electrons. The zero-order valence-corrected chi connectivity index (χ0v) is 13.6. The van der Waals surface area contributed by atoms with Crippen LogP contribution in [0.15, 0.2) is 0 Å². The van der Waals surface area contributed by atoms with Crippen LogP contribution in [0.2, 0.25) is 0 Å². The molecule has 0 radical (unpaired) electrons. The molecular weight excluding hydrogens is 266 g/mol. The van der Waals surface area contributed by atoms with Crippen LogP contribution in [0.1, 0.15) is 70.6 Å². The summed E-state index contributed by atoms with van der Waals surface area (Å²) in [5.41, 5.74) is 0. The van der Waals surface area contributed by atoms with Crippen molar-refractivity contribution in [3.63, 3.8) is 0 Å². The minimum atomic E-state index is -0.520. The first-order valence-electron chi connectivity index (χ1n) is 8.94. The molecule has 0 bridgehead atoms. The molecule has 1 heterocycles. The topological polar surface area (TPSA) is 29.1 Å². The molecule has 0 aromatic heterocycles. The third kappa shape index (κ3) is 3.85. The molecule has 3 heteroatoms. The van der Waals surface area contributed by atoms with E-state index in [1.54, 1.807) is 0 Å². The molecule has 2 nitrogen and oxygen atoms in total. The van der Waals surface area contributed by atoms with Gasteiger partial charge in [-0.1, -0.05) is 44.9 Å². The second kappa shape index (κ2) is 7.40. The SMILES string of the molecule is O=S1CCC(NC2CCCCC2C2CCCCC2)CC1. The number of rotatable bonds is 3. The molecule has 3 aliphatic rings. The lowest BCUT2D eigenvalue weighted by molar-refractivity contribution is 0.140. The normalized spacial score (nSPS) is 40.6. The van der Waals surface area contributed by atoms with E-state index in [2.05, 4.69) is 5.32 Å². The van der Waals surface area contributed by atoms with Gasteiger partial charge in [0, 0.05) is 34.4 Å². The van der Waals surface area contributed by atoms with Crippen molar-refractivity contribution in [1.29, 1.82) is 0 Å². The van der Waals surface area contributed by atoms with Crippen LogP contribution < -0.4 is 5.32 Å². The van der Waals surface area contributed by atoms with Crippen LogP contribution in [0.25, 0.3) is 0 Å². The van der Waals surface area contributed by atoms with Gasteiger partial charge in [0.15, 0.2) is 0 Å². The van der Waals surface area contributed by atoms with E-state index in [9.17, 15) is 4.21 Å². The molecule has 2 saturated carbocycles. The number of hydrogen-bond acceptors (Lipinski definition) is 2. The summed E-state index contributed by atoms with van der Waals surface area (Å²) in [5.74, 6) is 3.80. The van der Waals surface area contributed by atoms with Crippen molar-refractivity contribution in [1.82, 2.24) is 5.32 Å². The minimum Gasteiger partial charge on any atom is -0.311 e. The third-order valence-electron chi connectivity index (χ3n) is 5.91. The van der Waals surface area contributed by atoms with Gasteiger partial charge in [-0.2, -0.15) is 0 Å². The molecular formula is C17H31NOS. The van der Waals surface area contributed by atoms with Gasteiger partial charge in [0.05, 0.1) is 0 Å². The number of nitrogens with one attached hydrogen (secondary N) is 1. The molecule has 0 aromatic carbocycles. The summed E-state index contributed by atoms with van der Waals surface area (Å²) < 4.78 is 11.5. The Morgan fingerprint density at radius 1 is 0.750 bits per heavy atom. The maximum absolute atomic E-state index is 11.5. The fraction of sp³-hybridized carbons (Fsp3) is 1.00. The Hall–Kier alpha value is 0.110. The Kier molecular flexibility index (Phi) is 5.56. The van der Waals surface area contributed by atoms with Crippen molar-refractivity contribution in [2.45, 2.75) is 82.7 Å². The van der Waals surface area contributed by atoms with Crippen molar-refractivity contribution in [3.05, 3.63) is 0 Å². The monoisotopic (exact) mass is 297 g/mol. The first-order chi connectivity index (χ1) is 9.83. The molecule has 2 atom stereocenters. The summed E-state index contributed by atoms with van der Waals surface area (Å²) in [4.78, 5) is 0. The lowest BCUT2D eigenvalue weighted by Crippen LogP contribution is -2.48. The summed E-state index contributed by atoms with van der Waals surface area (Å²) in [5, 5.41) is 3.99. The highest BCUT2D eigenvalue weighted by Crippen LogP contribution is 2.38. The van der Waals surface area contributed by atoms with Gasteiger partial charge in [-0.3, -0.25) is 4.21 Å². The largest absolute Gasteiger partial charge is 0.311 e. The molecule has 1 saturated heterocycles. The second-order valence-corrected chi connectivity index (χ2v) is 8.94. The maximum atomic E-state index is 11.5. The predicted molar refractivity (Wildman–Crippen MR) is 86.4 cm³/mol. The van der Waals surface area contributed by atoms with Gasteiger partial charge in [0.2, 0.25) is 0 Å². The molecule has 1 aliphatic heterocycles. The van der Waals surface area contributed by atoms with Crippen LogP contribution in [0.3, 0.4) is 0 Å². The summed E-state index contributed by atoms with van der Waals surface area (Å²) in [6.07, 6.45) is 15.4. The van der Waals surface area contributed by atoms with E-state index in [1.807, 2.05) is 0 Å². The van der Waals surface area contributed by atoms with E-state index in [0.29, 0.717) is 6.04 Å². The molecule has 0 spiro atoms. The Morgan fingerprint density at radius 2 is 1.40 bits per heavy atom. The van der Waals surface area contributed by atoms with Crippen LogP contribution >= 0.6 is 0 Å². The highest BCUT2D eigenvalue weighted by molar-refractivity contribution is 7.85. The molecule has 2 aliphatic carbocycles. The van der Waals surface area contributed by atoms with Crippen molar-refractivity contribution >= 4 is 10.8 Å². The van der Waals surface area contributed by atoms with E-state index in [1.165, 1.54) is 57.8 Å². The summed E-state index contributed by atoms with van der Waals surface area (Å²) in [7, 11) is -0.520. The van der Waals surface area contributed by atoms with Gasteiger partial charge < -0.3 is 5.32 Å². The minimum absolute atomic E-state index is 0.520.